The van der Waals surface area contributed by atoms with Gasteiger partial charge in [-0.25, -0.2) is 0 Å². The lowest BCUT2D eigenvalue weighted by molar-refractivity contribution is -0.0632. The highest BCUT2D eigenvalue weighted by atomic mass is 16.5. The molecule has 0 spiro atoms. The first kappa shape index (κ1) is 14.3. The summed E-state index contributed by atoms with van der Waals surface area (Å²) in [4.78, 5) is 0. The van der Waals surface area contributed by atoms with E-state index in [2.05, 4.69) is 19.2 Å². The molecule has 0 aromatic heterocycles. The molecule has 2 rings (SSSR count). The second kappa shape index (κ2) is 6.91. The lowest BCUT2D eigenvalue weighted by atomic mass is 9.89. The molecule has 1 heterocycles. The Kier molecular flexibility index (Phi) is 5.50. The minimum absolute atomic E-state index is 0.0802. The molecule has 1 aliphatic heterocycles. The monoisotopic (exact) mass is 253 g/mol. The van der Waals surface area contributed by atoms with E-state index in [1.54, 1.807) is 0 Å². The first-order valence-electron chi connectivity index (χ1n) is 8.03. The zero-order valence-corrected chi connectivity index (χ0v) is 12.3. The van der Waals surface area contributed by atoms with Crippen LogP contribution in [-0.4, -0.2) is 24.8 Å². The molecular formula is C16H31NO. The van der Waals surface area contributed by atoms with Gasteiger partial charge in [-0.05, 0) is 52.0 Å². The van der Waals surface area contributed by atoms with Crippen LogP contribution in [0.3, 0.4) is 0 Å². The highest BCUT2D eigenvalue weighted by Gasteiger charge is 2.28. The summed E-state index contributed by atoms with van der Waals surface area (Å²) in [7, 11) is 0. The summed E-state index contributed by atoms with van der Waals surface area (Å²) in [6.07, 6.45) is 12.5. The van der Waals surface area contributed by atoms with Crippen LogP contribution in [0.25, 0.3) is 0 Å². The maximum atomic E-state index is 5.78. The lowest BCUT2D eigenvalue weighted by Gasteiger charge is -2.36. The van der Waals surface area contributed by atoms with Gasteiger partial charge in [0.1, 0.15) is 0 Å². The van der Waals surface area contributed by atoms with E-state index in [1.165, 1.54) is 64.3 Å². The van der Waals surface area contributed by atoms with Crippen LogP contribution in [0.2, 0.25) is 0 Å². The maximum absolute atomic E-state index is 5.78. The summed E-state index contributed by atoms with van der Waals surface area (Å²) in [5, 5.41) is 3.82. The van der Waals surface area contributed by atoms with Gasteiger partial charge in [0.25, 0.3) is 0 Å². The predicted molar refractivity (Wildman–Crippen MR) is 76.9 cm³/mol. The fraction of sp³-hybridized carbons (Fsp3) is 1.00. The quantitative estimate of drug-likeness (QED) is 0.824. The molecule has 0 amide bonds. The van der Waals surface area contributed by atoms with Gasteiger partial charge in [0, 0.05) is 12.6 Å². The van der Waals surface area contributed by atoms with Crippen molar-refractivity contribution in [3.63, 3.8) is 0 Å². The molecule has 0 aromatic rings. The van der Waals surface area contributed by atoms with E-state index >= 15 is 0 Å². The SMILES string of the molecule is CC1(C)CC(NCC2CCCCCCC2)CCO1. The van der Waals surface area contributed by atoms with E-state index < -0.39 is 0 Å². The fourth-order valence-electron chi connectivity index (χ4n) is 3.48. The van der Waals surface area contributed by atoms with E-state index in [4.69, 9.17) is 4.74 Å². The Balaban J connectivity index is 1.69. The normalized spacial score (nSPS) is 30.7. The van der Waals surface area contributed by atoms with E-state index in [0.717, 1.165) is 12.5 Å². The molecule has 2 nitrogen and oxygen atoms in total. The van der Waals surface area contributed by atoms with Gasteiger partial charge in [-0.3, -0.25) is 0 Å². The van der Waals surface area contributed by atoms with Crippen LogP contribution in [0, 0.1) is 5.92 Å². The molecular weight excluding hydrogens is 222 g/mol. The first-order valence-corrected chi connectivity index (χ1v) is 8.03. The van der Waals surface area contributed by atoms with Crippen LogP contribution in [0.15, 0.2) is 0 Å². The number of nitrogens with one attached hydrogen (secondary N) is 1. The molecule has 0 radical (unpaired) electrons. The van der Waals surface area contributed by atoms with Gasteiger partial charge in [0.15, 0.2) is 0 Å². The van der Waals surface area contributed by atoms with Gasteiger partial charge in [-0.2, -0.15) is 0 Å². The Bertz CT molecular complexity index is 231. The van der Waals surface area contributed by atoms with Gasteiger partial charge in [0.2, 0.25) is 0 Å². The van der Waals surface area contributed by atoms with Gasteiger partial charge in [-0.1, -0.05) is 32.1 Å². The van der Waals surface area contributed by atoms with Crippen LogP contribution in [0.5, 0.6) is 0 Å². The van der Waals surface area contributed by atoms with Crippen LogP contribution in [-0.2, 0) is 4.74 Å². The van der Waals surface area contributed by atoms with E-state index in [1.807, 2.05) is 0 Å². The van der Waals surface area contributed by atoms with Crippen LogP contribution in [0.4, 0.5) is 0 Å². The molecule has 2 heteroatoms. The Morgan fingerprint density at radius 3 is 2.33 bits per heavy atom. The molecule has 2 aliphatic rings. The summed E-state index contributed by atoms with van der Waals surface area (Å²) >= 11 is 0. The van der Waals surface area contributed by atoms with Crippen molar-refractivity contribution in [2.75, 3.05) is 13.2 Å². The molecule has 1 N–H and O–H groups in total. The Morgan fingerprint density at radius 2 is 1.67 bits per heavy atom. The lowest BCUT2D eigenvalue weighted by Crippen LogP contribution is -2.45. The number of ether oxygens (including phenoxy) is 1. The van der Waals surface area contributed by atoms with Gasteiger partial charge in [-0.15, -0.1) is 0 Å². The number of hydrogen-bond acceptors (Lipinski definition) is 2. The standard InChI is InChI=1S/C16H31NO/c1-16(2)12-15(10-11-18-16)17-13-14-8-6-4-3-5-7-9-14/h14-15,17H,3-13H2,1-2H3. The molecule has 1 aliphatic carbocycles. The molecule has 1 saturated carbocycles. The molecule has 0 bridgehead atoms. The molecule has 18 heavy (non-hydrogen) atoms. The van der Waals surface area contributed by atoms with Crippen molar-refractivity contribution < 1.29 is 4.74 Å². The summed E-state index contributed by atoms with van der Waals surface area (Å²) in [5.41, 5.74) is 0.0802. The van der Waals surface area contributed by atoms with Crippen LogP contribution in [0.1, 0.15) is 71.6 Å². The topological polar surface area (TPSA) is 21.3 Å². The second-order valence-electron chi connectivity index (χ2n) is 6.92. The third kappa shape index (κ3) is 4.89. The van der Waals surface area contributed by atoms with Crippen LogP contribution >= 0.6 is 0 Å². The van der Waals surface area contributed by atoms with Crippen molar-refractivity contribution in [1.29, 1.82) is 0 Å². The molecule has 1 unspecified atom stereocenters. The van der Waals surface area contributed by atoms with Crippen molar-refractivity contribution in [3.8, 4) is 0 Å². The van der Waals surface area contributed by atoms with Crippen LogP contribution < -0.4 is 5.32 Å². The molecule has 0 aromatic carbocycles. The summed E-state index contributed by atoms with van der Waals surface area (Å²) in [6.45, 7) is 6.60. The second-order valence-corrected chi connectivity index (χ2v) is 6.92. The highest BCUT2D eigenvalue weighted by molar-refractivity contribution is 4.83. The minimum Gasteiger partial charge on any atom is -0.375 e. The predicted octanol–water partition coefficient (Wildman–Crippen LogP) is 3.89. The van der Waals surface area contributed by atoms with Crippen molar-refractivity contribution in [3.05, 3.63) is 0 Å². The van der Waals surface area contributed by atoms with E-state index in [-0.39, 0.29) is 5.60 Å². The van der Waals surface area contributed by atoms with Gasteiger partial charge < -0.3 is 10.1 Å². The maximum Gasteiger partial charge on any atom is 0.0641 e. The molecule has 2 fully saturated rings. The largest absolute Gasteiger partial charge is 0.375 e. The fourth-order valence-corrected chi connectivity index (χ4v) is 3.48. The molecule has 106 valence electrons. The van der Waals surface area contributed by atoms with Crippen molar-refractivity contribution in [1.82, 2.24) is 5.32 Å². The summed E-state index contributed by atoms with van der Waals surface area (Å²) in [6, 6.07) is 0.680. The zero-order valence-electron chi connectivity index (χ0n) is 12.3. The highest BCUT2D eigenvalue weighted by Crippen LogP contribution is 2.25. The van der Waals surface area contributed by atoms with Gasteiger partial charge in [0.05, 0.1) is 5.60 Å². The van der Waals surface area contributed by atoms with Crippen molar-refractivity contribution in [2.45, 2.75) is 83.3 Å². The first-order chi connectivity index (χ1) is 8.66. The van der Waals surface area contributed by atoms with E-state index in [9.17, 15) is 0 Å². The Morgan fingerprint density at radius 1 is 1.00 bits per heavy atom. The third-order valence-corrected chi connectivity index (χ3v) is 4.62. The summed E-state index contributed by atoms with van der Waals surface area (Å²) in [5.74, 6) is 0.927. The third-order valence-electron chi connectivity index (χ3n) is 4.62. The number of hydrogen-bond donors (Lipinski definition) is 1. The molecule has 1 saturated heterocycles. The Hall–Kier alpha value is -0.0800. The molecule has 1 atom stereocenters. The smallest absolute Gasteiger partial charge is 0.0641 e. The number of rotatable bonds is 3. The van der Waals surface area contributed by atoms with Crippen molar-refractivity contribution >= 4 is 0 Å². The Labute approximate surface area is 113 Å². The van der Waals surface area contributed by atoms with Crippen molar-refractivity contribution in [2.24, 2.45) is 5.92 Å². The zero-order chi connectivity index (χ0) is 12.8. The minimum atomic E-state index is 0.0802. The average Bonchev–Trinajstić information content (AvgIpc) is 2.26. The van der Waals surface area contributed by atoms with Gasteiger partial charge >= 0.3 is 0 Å². The average molecular weight is 253 g/mol. The summed E-state index contributed by atoms with van der Waals surface area (Å²) < 4.78 is 5.78. The van der Waals surface area contributed by atoms with E-state index in [0.29, 0.717) is 6.04 Å².